The Morgan fingerprint density at radius 3 is 1.93 bits per heavy atom. The van der Waals surface area contributed by atoms with E-state index in [2.05, 4.69) is 40.4 Å². The van der Waals surface area contributed by atoms with E-state index in [1.54, 1.807) is 27.7 Å². The fourth-order valence-electron chi connectivity index (χ4n) is 8.78. The van der Waals surface area contributed by atoms with Crippen LogP contribution in [-0.2, 0) is 28.5 Å². The summed E-state index contributed by atoms with van der Waals surface area (Å²) in [6, 6.07) is -4.66. The molecule has 0 radical (unpaired) electrons. The third kappa shape index (κ3) is 8.15. The molecule has 0 bridgehead atoms. The molecular weight excluding hydrogens is 772 g/mol. The van der Waals surface area contributed by atoms with Crippen molar-refractivity contribution in [2.75, 3.05) is 33.9 Å². The van der Waals surface area contributed by atoms with Crippen LogP contribution in [0.15, 0.2) is 29.1 Å². The molecule has 20 heteroatoms. The maximum atomic E-state index is 14.8. The minimum Gasteiger partial charge on any atom is -0.492 e. The fraction of sp³-hybridized carbons (Fsp3) is 0.684. The predicted octanol–water partition coefficient (Wildman–Crippen LogP) is 3.73. The van der Waals surface area contributed by atoms with Gasteiger partial charge in [0.05, 0.1) is 52.1 Å². The SMILES string of the molecule is COC(=O)N[C@H](C(=O)N1CC(F)(F)C[C@H]1C1=NCC(C2=CC3CC4OC(c5cnc([C@@H]6CC(F)(F)CN6C(=O)[C@@H](NC(=O)OC)C(C)C)[nH]5)=CC4CC3O2)N1)C(C)C. The topological polar surface area (TPSA) is 189 Å². The van der Waals surface area contributed by atoms with E-state index in [-0.39, 0.29) is 42.2 Å². The van der Waals surface area contributed by atoms with E-state index in [1.165, 1.54) is 6.20 Å². The summed E-state index contributed by atoms with van der Waals surface area (Å²) in [5.74, 6) is -6.89. The summed E-state index contributed by atoms with van der Waals surface area (Å²) < 4.78 is 81.4. The zero-order chi connectivity index (χ0) is 41.8. The molecule has 16 nitrogen and oxygen atoms in total. The van der Waals surface area contributed by atoms with Gasteiger partial charge < -0.3 is 49.7 Å². The number of aromatic nitrogens is 2. The number of alkyl halides is 4. The van der Waals surface area contributed by atoms with Crippen LogP contribution in [0.25, 0.3) is 5.76 Å². The van der Waals surface area contributed by atoms with Crippen molar-refractivity contribution in [3.63, 3.8) is 0 Å². The number of carbonyl (C=O) groups is 4. The van der Waals surface area contributed by atoms with Gasteiger partial charge in [0.2, 0.25) is 11.8 Å². The van der Waals surface area contributed by atoms with E-state index in [9.17, 15) is 36.7 Å². The molecule has 5 unspecified atom stereocenters. The lowest BCUT2D eigenvalue weighted by atomic mass is 9.79. The Hall–Kier alpha value is -5.04. The molecule has 5 aliphatic heterocycles. The number of hydrogen-bond acceptors (Lipinski definition) is 11. The van der Waals surface area contributed by atoms with E-state index in [0.717, 1.165) is 24.0 Å². The third-order valence-electron chi connectivity index (χ3n) is 11.8. The smallest absolute Gasteiger partial charge is 0.407 e. The fourth-order valence-corrected chi connectivity index (χ4v) is 8.78. The van der Waals surface area contributed by atoms with Crippen LogP contribution in [0.2, 0.25) is 0 Å². The number of carbonyl (C=O) groups excluding carboxylic acids is 4. The number of H-pyrrole nitrogens is 1. The van der Waals surface area contributed by atoms with Gasteiger partial charge in [-0.2, -0.15) is 0 Å². The maximum absolute atomic E-state index is 14.8. The maximum Gasteiger partial charge on any atom is 0.407 e. The Kier molecular flexibility index (Phi) is 11.1. The van der Waals surface area contributed by atoms with E-state index in [4.69, 9.17) is 9.47 Å². The monoisotopic (exact) mass is 822 g/mol. The van der Waals surface area contributed by atoms with E-state index < -0.39 is 104 Å². The average Bonchev–Trinajstić information content (AvgIpc) is 4.02. The number of imidazole rings is 1. The van der Waals surface area contributed by atoms with Crippen LogP contribution < -0.4 is 16.0 Å². The van der Waals surface area contributed by atoms with Gasteiger partial charge in [0.1, 0.15) is 59.2 Å². The van der Waals surface area contributed by atoms with Crippen molar-refractivity contribution in [2.24, 2.45) is 28.7 Å². The van der Waals surface area contributed by atoms with Gasteiger partial charge >= 0.3 is 12.2 Å². The van der Waals surface area contributed by atoms with Crippen LogP contribution in [-0.4, -0.2) is 132 Å². The second-order valence-electron chi connectivity index (χ2n) is 16.6. The molecule has 3 fully saturated rings. The Balaban J connectivity index is 0.975. The molecule has 4 amide bonds. The van der Waals surface area contributed by atoms with Crippen molar-refractivity contribution in [1.29, 1.82) is 0 Å². The number of ether oxygens (including phenoxy) is 4. The highest BCUT2D eigenvalue weighted by Gasteiger charge is 2.53. The summed E-state index contributed by atoms with van der Waals surface area (Å²) in [5, 5.41) is 8.16. The zero-order valence-corrected chi connectivity index (χ0v) is 33.1. The van der Waals surface area contributed by atoms with Gasteiger partial charge in [-0.1, -0.05) is 27.7 Å². The molecule has 0 aromatic carbocycles. The first-order valence-electron chi connectivity index (χ1n) is 19.6. The first-order chi connectivity index (χ1) is 27.4. The van der Waals surface area contributed by atoms with E-state index in [0.29, 0.717) is 30.1 Å². The van der Waals surface area contributed by atoms with Crippen molar-refractivity contribution in [3.8, 4) is 0 Å². The van der Waals surface area contributed by atoms with Gasteiger partial charge in [-0.15, -0.1) is 0 Å². The normalized spacial score (nSPS) is 30.3. The molecule has 58 heavy (non-hydrogen) atoms. The Labute approximate surface area is 332 Å². The molecule has 318 valence electrons. The summed E-state index contributed by atoms with van der Waals surface area (Å²) in [6.07, 6.45) is 3.37. The Morgan fingerprint density at radius 1 is 0.828 bits per heavy atom. The number of aromatic amines is 1. The zero-order valence-electron chi connectivity index (χ0n) is 33.1. The van der Waals surface area contributed by atoms with Crippen LogP contribution in [0.4, 0.5) is 27.2 Å². The van der Waals surface area contributed by atoms with Crippen molar-refractivity contribution < 1.29 is 55.7 Å². The van der Waals surface area contributed by atoms with Crippen LogP contribution in [0.3, 0.4) is 0 Å². The van der Waals surface area contributed by atoms with Gasteiger partial charge in [-0.3, -0.25) is 14.6 Å². The lowest BCUT2D eigenvalue weighted by molar-refractivity contribution is -0.137. The van der Waals surface area contributed by atoms with Crippen molar-refractivity contribution in [3.05, 3.63) is 35.6 Å². The largest absolute Gasteiger partial charge is 0.492 e. The molecule has 9 atom stereocenters. The lowest BCUT2D eigenvalue weighted by Crippen LogP contribution is -2.55. The molecule has 2 saturated heterocycles. The van der Waals surface area contributed by atoms with Gasteiger partial charge in [0, 0.05) is 24.7 Å². The summed E-state index contributed by atoms with van der Waals surface area (Å²) in [7, 11) is 2.31. The average molecular weight is 823 g/mol. The van der Waals surface area contributed by atoms with Gasteiger partial charge in [0.25, 0.3) is 11.8 Å². The minimum absolute atomic E-state index is 0.00921. The number of aliphatic imine (C=N–C) groups is 1. The molecule has 7 rings (SSSR count). The molecule has 1 saturated carbocycles. The second kappa shape index (κ2) is 15.6. The summed E-state index contributed by atoms with van der Waals surface area (Å²) in [4.78, 5) is 65.1. The molecule has 1 aromatic heterocycles. The summed E-state index contributed by atoms with van der Waals surface area (Å²) in [6.45, 7) is 5.39. The highest BCUT2D eigenvalue weighted by molar-refractivity contribution is 5.96. The van der Waals surface area contributed by atoms with Crippen molar-refractivity contribution >= 4 is 35.6 Å². The second-order valence-corrected chi connectivity index (χ2v) is 16.6. The van der Waals surface area contributed by atoms with Gasteiger partial charge in [0.15, 0.2) is 0 Å². The minimum atomic E-state index is -3.17. The number of halogens is 4. The van der Waals surface area contributed by atoms with Crippen molar-refractivity contribution in [2.45, 2.75) is 108 Å². The molecule has 1 aliphatic carbocycles. The predicted molar refractivity (Wildman–Crippen MR) is 197 cm³/mol. The number of methoxy groups -OCH3 is 2. The molecule has 6 aliphatic rings. The van der Waals surface area contributed by atoms with E-state index >= 15 is 0 Å². The number of nitrogens with zero attached hydrogens (tertiary/aromatic N) is 4. The number of alkyl carbamates (subject to hydrolysis) is 2. The Bertz CT molecular complexity index is 1890. The number of fused-ring (bicyclic) bond motifs is 2. The first-order valence-corrected chi connectivity index (χ1v) is 19.6. The van der Waals surface area contributed by atoms with Crippen LogP contribution in [0, 0.1) is 23.7 Å². The standard InChI is InChI=1S/C38H50F4N8O8/c1-17(2)29(47-35(53)55-5)33(51)49-15-37(39,40)11-23(49)31-43-13-21(45-31)27-9-19-7-26-20(8-25(19)57-27)10-28(58-26)22-14-44-32(46-22)24-12-38(41,42)16-50(24)34(52)30(18(3)4)48-36(54)56-6/h9-10,13,17-20,22-26,29-30H,7-8,11-12,14-16H2,1-6H3,(H,43,45)(H,44,46)(H,47,53)(H,48,54)/t19?,20?,22?,23-,24-,25?,26?,29-,30-/m0/s1. The van der Waals surface area contributed by atoms with Crippen molar-refractivity contribution in [1.82, 2.24) is 35.7 Å². The highest BCUT2D eigenvalue weighted by atomic mass is 19.3. The number of amidine groups is 1. The quantitative estimate of drug-likeness (QED) is 0.253. The van der Waals surface area contributed by atoms with Gasteiger partial charge in [-0.25, -0.2) is 32.1 Å². The number of rotatable bonds is 10. The first kappa shape index (κ1) is 41.1. The number of hydrogen-bond donors (Lipinski definition) is 4. The number of likely N-dealkylation sites (tertiary alicyclic amines) is 2. The molecule has 0 spiro atoms. The van der Waals surface area contributed by atoms with Crippen LogP contribution in [0.5, 0.6) is 0 Å². The molecule has 6 heterocycles. The van der Waals surface area contributed by atoms with Gasteiger partial charge in [-0.05, 0) is 36.8 Å². The third-order valence-corrected chi connectivity index (χ3v) is 11.8. The Morgan fingerprint density at radius 2 is 1.36 bits per heavy atom. The summed E-state index contributed by atoms with van der Waals surface area (Å²) in [5.41, 5.74) is 0.480. The highest BCUT2D eigenvalue weighted by Crippen LogP contribution is 2.47. The molecule has 1 aromatic rings. The van der Waals surface area contributed by atoms with Crippen LogP contribution in [0.1, 0.15) is 70.9 Å². The molecule has 4 N–H and O–H groups in total. The molecular formula is C38H50F4N8O8. The number of amides is 4. The summed E-state index contributed by atoms with van der Waals surface area (Å²) >= 11 is 0. The van der Waals surface area contributed by atoms with E-state index in [1.807, 2.05) is 12.2 Å². The van der Waals surface area contributed by atoms with Crippen LogP contribution >= 0.6 is 0 Å². The lowest BCUT2D eigenvalue weighted by Gasteiger charge is -2.32. The number of nitrogens with one attached hydrogen (secondary N) is 4.